The molecule has 0 saturated heterocycles. The number of hydrogen-bond donors (Lipinski definition) is 0. The summed E-state index contributed by atoms with van der Waals surface area (Å²) in [6.45, 7) is 2.75. The van der Waals surface area contributed by atoms with Crippen molar-refractivity contribution in [2.24, 2.45) is 5.92 Å². The zero-order valence-electron chi connectivity index (χ0n) is 14.2. The molecular formula is C16H26F4O4. The molecule has 0 aromatic rings. The van der Waals surface area contributed by atoms with Crippen LogP contribution in [0.5, 0.6) is 0 Å². The summed E-state index contributed by atoms with van der Waals surface area (Å²) in [4.78, 5) is 22.7. The molecule has 24 heavy (non-hydrogen) atoms. The van der Waals surface area contributed by atoms with Gasteiger partial charge in [-0.25, -0.2) is 8.78 Å². The quantitative estimate of drug-likeness (QED) is 0.363. The summed E-state index contributed by atoms with van der Waals surface area (Å²) < 4.78 is 58.1. The SMILES string of the molecule is CCCCC(CC)COC(=O)CCCC(=O)OCC(F)(F)C(F)F. The van der Waals surface area contributed by atoms with Gasteiger partial charge in [-0.2, -0.15) is 8.78 Å². The molecule has 4 nitrogen and oxygen atoms in total. The van der Waals surface area contributed by atoms with Crippen molar-refractivity contribution in [1.82, 2.24) is 0 Å². The Morgan fingerprint density at radius 2 is 1.58 bits per heavy atom. The molecule has 0 amide bonds. The number of alkyl halides is 4. The number of carbonyl (C=O) groups excluding carboxylic acids is 2. The molecule has 0 rings (SSSR count). The van der Waals surface area contributed by atoms with Gasteiger partial charge in [0, 0.05) is 12.8 Å². The molecular weight excluding hydrogens is 332 g/mol. The van der Waals surface area contributed by atoms with Crippen molar-refractivity contribution in [3.63, 3.8) is 0 Å². The maximum absolute atomic E-state index is 12.6. The van der Waals surface area contributed by atoms with Crippen molar-refractivity contribution in [1.29, 1.82) is 0 Å². The molecule has 0 spiro atoms. The van der Waals surface area contributed by atoms with Gasteiger partial charge < -0.3 is 9.47 Å². The smallest absolute Gasteiger partial charge is 0.340 e. The molecule has 0 fully saturated rings. The van der Waals surface area contributed by atoms with Crippen LogP contribution in [0.4, 0.5) is 17.6 Å². The van der Waals surface area contributed by atoms with Crippen LogP contribution in [0.2, 0.25) is 0 Å². The number of unbranched alkanes of at least 4 members (excludes halogenated alkanes) is 1. The van der Waals surface area contributed by atoms with Gasteiger partial charge in [0.2, 0.25) is 0 Å². The number of ether oxygens (including phenoxy) is 2. The number of carbonyl (C=O) groups is 2. The van der Waals surface area contributed by atoms with Gasteiger partial charge >= 0.3 is 24.3 Å². The molecule has 0 aliphatic heterocycles. The van der Waals surface area contributed by atoms with Crippen LogP contribution < -0.4 is 0 Å². The third-order valence-electron chi connectivity index (χ3n) is 3.53. The van der Waals surface area contributed by atoms with Crippen molar-refractivity contribution < 1.29 is 36.6 Å². The second kappa shape index (κ2) is 12.1. The number of esters is 2. The van der Waals surface area contributed by atoms with Crippen LogP contribution in [-0.2, 0) is 19.1 Å². The van der Waals surface area contributed by atoms with E-state index in [1.54, 1.807) is 0 Å². The lowest BCUT2D eigenvalue weighted by Crippen LogP contribution is -2.33. The number of halogens is 4. The highest BCUT2D eigenvalue weighted by molar-refractivity contribution is 5.72. The maximum atomic E-state index is 12.6. The lowest BCUT2D eigenvalue weighted by atomic mass is 10.0. The topological polar surface area (TPSA) is 52.6 Å². The van der Waals surface area contributed by atoms with E-state index in [1.165, 1.54) is 0 Å². The first-order valence-electron chi connectivity index (χ1n) is 8.20. The molecule has 0 aliphatic carbocycles. The van der Waals surface area contributed by atoms with Crippen LogP contribution in [-0.4, -0.2) is 37.5 Å². The Hall–Kier alpha value is -1.34. The van der Waals surface area contributed by atoms with Gasteiger partial charge in [0.1, 0.15) is 0 Å². The maximum Gasteiger partial charge on any atom is 0.340 e. The summed E-state index contributed by atoms with van der Waals surface area (Å²) in [5.41, 5.74) is 0. The minimum Gasteiger partial charge on any atom is -0.465 e. The molecule has 0 bridgehead atoms. The van der Waals surface area contributed by atoms with Gasteiger partial charge in [0.25, 0.3) is 0 Å². The Bertz CT molecular complexity index is 375. The van der Waals surface area contributed by atoms with Crippen LogP contribution in [0.15, 0.2) is 0 Å². The van der Waals surface area contributed by atoms with Crippen molar-refractivity contribution in [2.75, 3.05) is 13.2 Å². The van der Waals surface area contributed by atoms with E-state index in [0.717, 1.165) is 25.7 Å². The second-order valence-electron chi connectivity index (χ2n) is 5.68. The summed E-state index contributed by atoms with van der Waals surface area (Å²) in [5, 5.41) is 0. The molecule has 0 aliphatic rings. The lowest BCUT2D eigenvalue weighted by molar-refractivity contribution is -0.179. The van der Waals surface area contributed by atoms with Crippen LogP contribution in [0, 0.1) is 5.92 Å². The average Bonchev–Trinajstić information content (AvgIpc) is 2.53. The van der Waals surface area contributed by atoms with Gasteiger partial charge in [-0.1, -0.05) is 33.1 Å². The fourth-order valence-corrected chi connectivity index (χ4v) is 1.87. The molecule has 0 aromatic heterocycles. The van der Waals surface area contributed by atoms with E-state index in [4.69, 9.17) is 4.74 Å². The third kappa shape index (κ3) is 10.4. The predicted octanol–water partition coefficient (Wildman–Crippen LogP) is 4.36. The fraction of sp³-hybridized carbons (Fsp3) is 0.875. The van der Waals surface area contributed by atoms with Gasteiger partial charge in [-0.15, -0.1) is 0 Å². The number of rotatable bonds is 13. The Labute approximate surface area is 139 Å². The lowest BCUT2D eigenvalue weighted by Gasteiger charge is -2.15. The first-order valence-corrected chi connectivity index (χ1v) is 8.20. The summed E-state index contributed by atoms with van der Waals surface area (Å²) in [5.74, 6) is -5.58. The Morgan fingerprint density at radius 1 is 1.00 bits per heavy atom. The minimum absolute atomic E-state index is 0.0510. The van der Waals surface area contributed by atoms with E-state index >= 15 is 0 Å². The van der Waals surface area contributed by atoms with Gasteiger partial charge in [0.15, 0.2) is 6.61 Å². The van der Waals surface area contributed by atoms with E-state index in [9.17, 15) is 27.2 Å². The molecule has 1 atom stereocenters. The normalized spacial score (nSPS) is 13.0. The van der Waals surface area contributed by atoms with E-state index in [-0.39, 0.29) is 19.3 Å². The highest BCUT2D eigenvalue weighted by Crippen LogP contribution is 2.23. The Kier molecular flexibility index (Phi) is 11.4. The second-order valence-corrected chi connectivity index (χ2v) is 5.68. The van der Waals surface area contributed by atoms with Crippen LogP contribution in [0.1, 0.15) is 58.8 Å². The standard InChI is InChI=1S/C16H26F4O4/c1-3-5-7-12(4-2)10-23-13(21)8-6-9-14(22)24-11-16(19,20)15(17)18/h12,15H,3-11H2,1-2H3. The van der Waals surface area contributed by atoms with Crippen molar-refractivity contribution >= 4 is 11.9 Å². The van der Waals surface area contributed by atoms with E-state index in [0.29, 0.717) is 12.5 Å². The van der Waals surface area contributed by atoms with E-state index in [2.05, 4.69) is 11.7 Å². The van der Waals surface area contributed by atoms with E-state index in [1.807, 2.05) is 6.92 Å². The zero-order valence-corrected chi connectivity index (χ0v) is 14.2. The van der Waals surface area contributed by atoms with Crippen molar-refractivity contribution in [2.45, 2.75) is 71.1 Å². The van der Waals surface area contributed by atoms with Crippen LogP contribution in [0.3, 0.4) is 0 Å². The Balaban J connectivity index is 3.86. The van der Waals surface area contributed by atoms with Gasteiger partial charge in [0.05, 0.1) is 6.61 Å². The van der Waals surface area contributed by atoms with Crippen molar-refractivity contribution in [3.05, 3.63) is 0 Å². The molecule has 0 radical (unpaired) electrons. The van der Waals surface area contributed by atoms with Crippen molar-refractivity contribution in [3.8, 4) is 0 Å². The average molecular weight is 358 g/mol. The highest BCUT2D eigenvalue weighted by Gasteiger charge is 2.42. The first kappa shape index (κ1) is 22.7. The summed E-state index contributed by atoms with van der Waals surface area (Å²) in [6.07, 6.45) is -0.180. The van der Waals surface area contributed by atoms with Gasteiger partial charge in [-0.05, 0) is 18.8 Å². The van der Waals surface area contributed by atoms with E-state index < -0.39 is 30.9 Å². The largest absolute Gasteiger partial charge is 0.465 e. The monoisotopic (exact) mass is 358 g/mol. The minimum atomic E-state index is -4.36. The number of hydrogen-bond acceptors (Lipinski definition) is 4. The van der Waals surface area contributed by atoms with Crippen LogP contribution in [0.25, 0.3) is 0 Å². The molecule has 0 heterocycles. The van der Waals surface area contributed by atoms with Gasteiger partial charge in [-0.3, -0.25) is 9.59 Å². The summed E-state index contributed by atoms with van der Waals surface area (Å²) in [7, 11) is 0. The fourth-order valence-electron chi connectivity index (χ4n) is 1.87. The highest BCUT2D eigenvalue weighted by atomic mass is 19.3. The summed E-state index contributed by atoms with van der Waals surface area (Å²) in [6, 6.07) is 0. The van der Waals surface area contributed by atoms with Crippen LogP contribution >= 0.6 is 0 Å². The summed E-state index contributed by atoms with van der Waals surface area (Å²) >= 11 is 0. The molecule has 8 heteroatoms. The Morgan fingerprint density at radius 3 is 2.08 bits per heavy atom. The third-order valence-corrected chi connectivity index (χ3v) is 3.53. The molecule has 142 valence electrons. The molecule has 0 aromatic carbocycles. The molecule has 0 saturated carbocycles. The zero-order chi connectivity index (χ0) is 18.6. The molecule has 0 N–H and O–H groups in total. The predicted molar refractivity (Wildman–Crippen MR) is 80.0 cm³/mol. The molecule has 1 unspecified atom stereocenters. The first-order chi connectivity index (χ1) is 11.2.